The molecule has 1 amide bonds. The maximum Gasteiger partial charge on any atom is 0.236 e. The van der Waals surface area contributed by atoms with Gasteiger partial charge in [-0.25, -0.2) is 0 Å². The summed E-state index contributed by atoms with van der Waals surface area (Å²) in [5, 5.41) is 8.30. The van der Waals surface area contributed by atoms with Gasteiger partial charge in [-0.2, -0.15) is 5.26 Å². The van der Waals surface area contributed by atoms with Gasteiger partial charge in [0.1, 0.15) is 6.42 Å². The number of hydrogen-bond donors (Lipinski definition) is 1. The number of piperidine rings is 1. The van der Waals surface area contributed by atoms with Crippen LogP contribution in [0.3, 0.4) is 0 Å². The second kappa shape index (κ2) is 4.07. The lowest BCUT2D eigenvalue weighted by atomic mass is 10.1. The number of nitrogens with two attached hydrogens (primary N) is 1. The summed E-state index contributed by atoms with van der Waals surface area (Å²) in [6.45, 7) is 1.37. The van der Waals surface area contributed by atoms with Crippen molar-refractivity contribution in [3.63, 3.8) is 0 Å². The average molecular weight is 167 g/mol. The molecular weight excluding hydrogens is 154 g/mol. The van der Waals surface area contributed by atoms with E-state index in [2.05, 4.69) is 0 Å². The van der Waals surface area contributed by atoms with E-state index in [1.165, 1.54) is 0 Å². The van der Waals surface area contributed by atoms with E-state index in [1.54, 1.807) is 4.90 Å². The van der Waals surface area contributed by atoms with Crippen molar-refractivity contribution in [2.45, 2.75) is 25.3 Å². The highest BCUT2D eigenvalue weighted by molar-refractivity contribution is 5.78. The van der Waals surface area contributed by atoms with E-state index in [9.17, 15) is 4.79 Å². The fourth-order valence-electron chi connectivity index (χ4n) is 1.42. The van der Waals surface area contributed by atoms with Crippen molar-refractivity contribution in [2.75, 3.05) is 13.1 Å². The van der Waals surface area contributed by atoms with Gasteiger partial charge in [-0.05, 0) is 12.8 Å². The van der Waals surface area contributed by atoms with Crippen molar-refractivity contribution in [3.8, 4) is 6.07 Å². The predicted molar refractivity (Wildman–Crippen MR) is 44.0 cm³/mol. The van der Waals surface area contributed by atoms with Crippen molar-refractivity contribution >= 4 is 5.91 Å². The van der Waals surface area contributed by atoms with E-state index in [1.807, 2.05) is 6.07 Å². The third kappa shape index (κ3) is 2.21. The number of rotatable bonds is 1. The molecule has 1 aliphatic heterocycles. The molecule has 0 aromatic heterocycles. The van der Waals surface area contributed by atoms with Gasteiger partial charge in [0.05, 0.1) is 6.07 Å². The van der Waals surface area contributed by atoms with Crippen LogP contribution in [0.2, 0.25) is 0 Å². The molecule has 1 atom stereocenters. The lowest BCUT2D eigenvalue weighted by Crippen LogP contribution is -2.45. The molecule has 12 heavy (non-hydrogen) atoms. The highest BCUT2D eigenvalue weighted by Crippen LogP contribution is 2.08. The molecule has 4 heteroatoms. The van der Waals surface area contributed by atoms with E-state index >= 15 is 0 Å². The number of carbonyl (C=O) groups is 1. The van der Waals surface area contributed by atoms with Crippen LogP contribution in [0.5, 0.6) is 0 Å². The van der Waals surface area contributed by atoms with Crippen molar-refractivity contribution < 1.29 is 4.79 Å². The molecule has 1 rings (SSSR count). The number of hydrogen-bond acceptors (Lipinski definition) is 3. The van der Waals surface area contributed by atoms with Gasteiger partial charge in [0, 0.05) is 19.1 Å². The molecule has 0 saturated carbocycles. The van der Waals surface area contributed by atoms with Crippen LogP contribution in [-0.4, -0.2) is 29.9 Å². The average Bonchev–Trinajstić information content (AvgIpc) is 2.05. The Kier molecular flexibility index (Phi) is 3.06. The van der Waals surface area contributed by atoms with Crippen molar-refractivity contribution in [1.82, 2.24) is 4.90 Å². The Morgan fingerprint density at radius 1 is 1.75 bits per heavy atom. The maximum absolute atomic E-state index is 11.2. The van der Waals surface area contributed by atoms with Gasteiger partial charge in [-0.1, -0.05) is 0 Å². The summed E-state index contributed by atoms with van der Waals surface area (Å²) in [4.78, 5) is 12.9. The van der Waals surface area contributed by atoms with Crippen LogP contribution in [-0.2, 0) is 4.79 Å². The van der Waals surface area contributed by atoms with Gasteiger partial charge >= 0.3 is 0 Å². The summed E-state index contributed by atoms with van der Waals surface area (Å²) in [5.74, 6) is -0.0901. The molecule has 2 N–H and O–H groups in total. The van der Waals surface area contributed by atoms with Crippen LogP contribution in [0.15, 0.2) is 0 Å². The van der Waals surface area contributed by atoms with Gasteiger partial charge in [-0.3, -0.25) is 4.79 Å². The van der Waals surface area contributed by atoms with Crippen LogP contribution < -0.4 is 5.73 Å². The molecule has 1 heterocycles. The molecule has 0 aliphatic carbocycles. The van der Waals surface area contributed by atoms with Gasteiger partial charge < -0.3 is 10.6 Å². The number of nitrogens with zero attached hydrogens (tertiary/aromatic N) is 2. The molecular formula is C8H13N3O. The second-order valence-electron chi connectivity index (χ2n) is 3.08. The fraction of sp³-hybridized carbons (Fsp3) is 0.750. The molecule has 1 saturated heterocycles. The van der Waals surface area contributed by atoms with Gasteiger partial charge in [0.2, 0.25) is 5.91 Å². The van der Waals surface area contributed by atoms with Crippen LogP contribution in [0.25, 0.3) is 0 Å². The lowest BCUT2D eigenvalue weighted by molar-refractivity contribution is -0.131. The molecule has 0 bridgehead atoms. The number of carbonyl (C=O) groups excluding carboxylic acids is 1. The minimum Gasteiger partial charge on any atom is -0.340 e. The van der Waals surface area contributed by atoms with Crippen LogP contribution in [0, 0.1) is 11.3 Å². The number of amides is 1. The molecule has 1 fully saturated rings. The summed E-state index contributed by atoms with van der Waals surface area (Å²) in [6, 6.07) is 1.95. The SMILES string of the molecule is N#CCC(=O)N1CCC[C@H](N)C1. The van der Waals surface area contributed by atoms with Gasteiger partial charge in [0.15, 0.2) is 0 Å². The summed E-state index contributed by atoms with van der Waals surface area (Å²) in [5.41, 5.74) is 5.68. The molecule has 0 spiro atoms. The summed E-state index contributed by atoms with van der Waals surface area (Å²) in [7, 11) is 0. The first kappa shape index (κ1) is 9.01. The van der Waals surface area contributed by atoms with Gasteiger partial charge in [-0.15, -0.1) is 0 Å². The second-order valence-corrected chi connectivity index (χ2v) is 3.08. The van der Waals surface area contributed by atoms with E-state index in [-0.39, 0.29) is 18.4 Å². The van der Waals surface area contributed by atoms with E-state index in [4.69, 9.17) is 11.0 Å². The standard InChI is InChI=1S/C8H13N3O/c9-4-3-8(12)11-5-1-2-7(10)6-11/h7H,1-3,5-6,10H2/t7-/m0/s1. The Hall–Kier alpha value is -1.08. The Labute approximate surface area is 71.9 Å². The molecule has 0 aromatic carbocycles. The van der Waals surface area contributed by atoms with Crippen LogP contribution in [0.4, 0.5) is 0 Å². The minimum absolute atomic E-state index is 0.0211. The smallest absolute Gasteiger partial charge is 0.236 e. The zero-order chi connectivity index (χ0) is 8.97. The topological polar surface area (TPSA) is 70.1 Å². The third-order valence-corrected chi connectivity index (χ3v) is 2.04. The number of nitriles is 1. The summed E-state index contributed by atoms with van der Waals surface area (Å²) >= 11 is 0. The lowest BCUT2D eigenvalue weighted by Gasteiger charge is -2.30. The third-order valence-electron chi connectivity index (χ3n) is 2.04. The molecule has 1 aliphatic rings. The Morgan fingerprint density at radius 3 is 3.08 bits per heavy atom. The molecule has 0 aromatic rings. The molecule has 66 valence electrons. The summed E-state index contributed by atoms with van der Waals surface area (Å²) < 4.78 is 0. The Bertz CT molecular complexity index is 209. The van der Waals surface area contributed by atoms with Crippen molar-refractivity contribution in [2.24, 2.45) is 5.73 Å². The summed E-state index contributed by atoms with van der Waals surface area (Å²) in [6.07, 6.45) is 1.92. The van der Waals surface area contributed by atoms with Crippen molar-refractivity contribution in [1.29, 1.82) is 5.26 Å². The fourth-order valence-corrected chi connectivity index (χ4v) is 1.42. The zero-order valence-electron chi connectivity index (χ0n) is 6.99. The first-order chi connectivity index (χ1) is 5.74. The first-order valence-corrected chi connectivity index (χ1v) is 4.14. The monoisotopic (exact) mass is 167 g/mol. The molecule has 4 nitrogen and oxygen atoms in total. The van der Waals surface area contributed by atoms with E-state index in [0.29, 0.717) is 6.54 Å². The highest BCUT2D eigenvalue weighted by atomic mass is 16.2. The van der Waals surface area contributed by atoms with Gasteiger partial charge in [0.25, 0.3) is 0 Å². The Balaban J connectivity index is 2.41. The van der Waals surface area contributed by atoms with E-state index in [0.717, 1.165) is 19.4 Å². The first-order valence-electron chi connectivity index (χ1n) is 4.14. The Morgan fingerprint density at radius 2 is 2.50 bits per heavy atom. The largest absolute Gasteiger partial charge is 0.340 e. The minimum atomic E-state index is -0.0901. The quantitative estimate of drug-likeness (QED) is 0.590. The van der Waals surface area contributed by atoms with Crippen LogP contribution in [0.1, 0.15) is 19.3 Å². The maximum atomic E-state index is 11.2. The van der Waals surface area contributed by atoms with Crippen molar-refractivity contribution in [3.05, 3.63) is 0 Å². The normalized spacial score (nSPS) is 23.3. The zero-order valence-corrected chi connectivity index (χ0v) is 6.99. The predicted octanol–water partition coefficient (Wildman–Crippen LogP) is -0.150. The van der Waals surface area contributed by atoms with E-state index < -0.39 is 0 Å². The van der Waals surface area contributed by atoms with Crippen LogP contribution >= 0.6 is 0 Å². The number of likely N-dealkylation sites (tertiary alicyclic amines) is 1. The molecule has 0 unspecified atom stereocenters. The molecule has 0 radical (unpaired) electrons. The highest BCUT2D eigenvalue weighted by Gasteiger charge is 2.20.